The van der Waals surface area contributed by atoms with Gasteiger partial charge in [0.05, 0.1) is 0 Å². The van der Waals surface area contributed by atoms with Gasteiger partial charge in [0.25, 0.3) is 0 Å². The van der Waals surface area contributed by atoms with Crippen LogP contribution in [0.2, 0.25) is 0 Å². The standard InChI is InChI=1S/C12H26N2/c1-4-12(9-13)14-7-5-11(6-8-14)10(2)3/h10-12H,4-9,13H2,1-3H3. The Kier molecular flexibility index (Phi) is 4.90. The van der Waals surface area contributed by atoms with E-state index in [0.29, 0.717) is 6.04 Å². The minimum atomic E-state index is 0.628. The number of rotatable bonds is 4. The maximum atomic E-state index is 5.77. The summed E-state index contributed by atoms with van der Waals surface area (Å²) in [6.45, 7) is 10.3. The first-order valence-electron chi connectivity index (χ1n) is 6.13. The van der Waals surface area contributed by atoms with Crippen LogP contribution in [0.15, 0.2) is 0 Å². The smallest absolute Gasteiger partial charge is 0.0215 e. The summed E-state index contributed by atoms with van der Waals surface area (Å²) in [5.74, 6) is 1.80. The third-order valence-electron chi connectivity index (χ3n) is 3.78. The van der Waals surface area contributed by atoms with Crippen molar-refractivity contribution in [3.05, 3.63) is 0 Å². The highest BCUT2D eigenvalue weighted by Gasteiger charge is 2.24. The van der Waals surface area contributed by atoms with E-state index in [2.05, 4.69) is 25.7 Å². The van der Waals surface area contributed by atoms with Crippen molar-refractivity contribution in [2.24, 2.45) is 17.6 Å². The molecular weight excluding hydrogens is 172 g/mol. The zero-order chi connectivity index (χ0) is 10.6. The minimum absolute atomic E-state index is 0.628. The first-order valence-corrected chi connectivity index (χ1v) is 6.13. The van der Waals surface area contributed by atoms with E-state index in [1.807, 2.05) is 0 Å². The second-order valence-corrected chi connectivity index (χ2v) is 4.92. The summed E-state index contributed by atoms with van der Waals surface area (Å²) in [7, 11) is 0. The van der Waals surface area contributed by atoms with Gasteiger partial charge in [0, 0.05) is 12.6 Å². The van der Waals surface area contributed by atoms with Crippen molar-refractivity contribution in [2.75, 3.05) is 19.6 Å². The quantitative estimate of drug-likeness (QED) is 0.749. The summed E-state index contributed by atoms with van der Waals surface area (Å²) in [6, 6.07) is 0.628. The van der Waals surface area contributed by atoms with Crippen molar-refractivity contribution in [1.29, 1.82) is 0 Å². The van der Waals surface area contributed by atoms with E-state index in [0.717, 1.165) is 18.4 Å². The second-order valence-electron chi connectivity index (χ2n) is 4.92. The lowest BCUT2D eigenvalue weighted by Gasteiger charge is -2.38. The highest BCUT2D eigenvalue weighted by Crippen LogP contribution is 2.25. The van der Waals surface area contributed by atoms with Gasteiger partial charge in [-0.1, -0.05) is 20.8 Å². The monoisotopic (exact) mass is 198 g/mol. The van der Waals surface area contributed by atoms with Gasteiger partial charge < -0.3 is 5.73 Å². The topological polar surface area (TPSA) is 29.3 Å². The Morgan fingerprint density at radius 3 is 2.21 bits per heavy atom. The van der Waals surface area contributed by atoms with Crippen LogP contribution < -0.4 is 5.73 Å². The summed E-state index contributed by atoms with van der Waals surface area (Å²) in [4.78, 5) is 2.58. The molecule has 1 unspecified atom stereocenters. The summed E-state index contributed by atoms with van der Waals surface area (Å²) in [5.41, 5.74) is 5.77. The number of likely N-dealkylation sites (tertiary alicyclic amines) is 1. The predicted octanol–water partition coefficient (Wildman–Crippen LogP) is 2.09. The molecule has 1 aliphatic rings. The largest absolute Gasteiger partial charge is 0.329 e. The molecule has 1 rings (SSSR count). The molecule has 14 heavy (non-hydrogen) atoms. The van der Waals surface area contributed by atoms with Gasteiger partial charge in [-0.2, -0.15) is 0 Å². The number of hydrogen-bond acceptors (Lipinski definition) is 2. The first-order chi connectivity index (χ1) is 6.69. The minimum Gasteiger partial charge on any atom is -0.329 e. The zero-order valence-corrected chi connectivity index (χ0v) is 10.00. The summed E-state index contributed by atoms with van der Waals surface area (Å²) in [5, 5.41) is 0. The lowest BCUT2D eigenvalue weighted by atomic mass is 9.86. The molecular formula is C12H26N2. The molecule has 1 atom stereocenters. The first kappa shape index (κ1) is 12.0. The molecule has 0 spiro atoms. The molecule has 0 aromatic heterocycles. The molecule has 2 heteroatoms. The Morgan fingerprint density at radius 1 is 1.29 bits per heavy atom. The van der Waals surface area contributed by atoms with Crippen LogP contribution in [0.1, 0.15) is 40.0 Å². The van der Waals surface area contributed by atoms with Crippen molar-refractivity contribution in [3.63, 3.8) is 0 Å². The van der Waals surface area contributed by atoms with Gasteiger partial charge in [0.15, 0.2) is 0 Å². The highest BCUT2D eigenvalue weighted by atomic mass is 15.2. The molecule has 0 amide bonds. The van der Waals surface area contributed by atoms with Crippen LogP contribution in [0.3, 0.4) is 0 Å². The Morgan fingerprint density at radius 2 is 1.86 bits per heavy atom. The van der Waals surface area contributed by atoms with E-state index in [1.54, 1.807) is 0 Å². The van der Waals surface area contributed by atoms with Crippen molar-refractivity contribution in [2.45, 2.75) is 46.1 Å². The third-order valence-corrected chi connectivity index (χ3v) is 3.78. The molecule has 0 aromatic carbocycles. The van der Waals surface area contributed by atoms with Crippen molar-refractivity contribution >= 4 is 0 Å². The number of nitrogens with two attached hydrogens (primary N) is 1. The van der Waals surface area contributed by atoms with Gasteiger partial charge in [-0.05, 0) is 44.2 Å². The van der Waals surface area contributed by atoms with Crippen LogP contribution in [0.25, 0.3) is 0 Å². The van der Waals surface area contributed by atoms with E-state index in [-0.39, 0.29) is 0 Å². The summed E-state index contributed by atoms with van der Waals surface area (Å²) < 4.78 is 0. The molecule has 0 saturated carbocycles. The molecule has 84 valence electrons. The Bertz CT molecular complexity index is 144. The molecule has 1 heterocycles. The Labute approximate surface area is 88.8 Å². The van der Waals surface area contributed by atoms with Crippen LogP contribution in [-0.4, -0.2) is 30.6 Å². The maximum Gasteiger partial charge on any atom is 0.0215 e. The number of nitrogens with zero attached hydrogens (tertiary/aromatic N) is 1. The number of piperidine rings is 1. The Hall–Kier alpha value is -0.0800. The van der Waals surface area contributed by atoms with E-state index >= 15 is 0 Å². The second kappa shape index (κ2) is 5.72. The van der Waals surface area contributed by atoms with Crippen LogP contribution in [0, 0.1) is 11.8 Å². The molecule has 2 nitrogen and oxygen atoms in total. The molecule has 0 radical (unpaired) electrons. The van der Waals surface area contributed by atoms with Gasteiger partial charge in [-0.25, -0.2) is 0 Å². The van der Waals surface area contributed by atoms with Crippen molar-refractivity contribution in [3.8, 4) is 0 Å². The molecule has 2 N–H and O–H groups in total. The Balaban J connectivity index is 2.34. The third kappa shape index (κ3) is 2.96. The fourth-order valence-electron chi connectivity index (χ4n) is 2.53. The van der Waals surface area contributed by atoms with Gasteiger partial charge >= 0.3 is 0 Å². The molecule has 1 aliphatic heterocycles. The van der Waals surface area contributed by atoms with Crippen LogP contribution >= 0.6 is 0 Å². The average molecular weight is 198 g/mol. The lowest BCUT2D eigenvalue weighted by molar-refractivity contribution is 0.115. The van der Waals surface area contributed by atoms with Gasteiger partial charge in [-0.15, -0.1) is 0 Å². The van der Waals surface area contributed by atoms with Gasteiger partial charge in [-0.3, -0.25) is 4.90 Å². The molecule has 1 saturated heterocycles. The molecule has 0 bridgehead atoms. The summed E-state index contributed by atoms with van der Waals surface area (Å²) in [6.07, 6.45) is 3.94. The SMILES string of the molecule is CCC(CN)N1CCC(C(C)C)CC1. The fraction of sp³-hybridized carbons (Fsp3) is 1.00. The lowest BCUT2D eigenvalue weighted by Crippen LogP contribution is -2.45. The zero-order valence-electron chi connectivity index (χ0n) is 10.00. The average Bonchev–Trinajstić information content (AvgIpc) is 2.20. The van der Waals surface area contributed by atoms with E-state index in [1.165, 1.54) is 32.4 Å². The van der Waals surface area contributed by atoms with E-state index < -0.39 is 0 Å². The maximum absolute atomic E-state index is 5.77. The number of hydrogen-bond donors (Lipinski definition) is 1. The van der Waals surface area contributed by atoms with Crippen LogP contribution in [0.4, 0.5) is 0 Å². The van der Waals surface area contributed by atoms with Gasteiger partial charge in [0.1, 0.15) is 0 Å². The molecule has 0 aromatic rings. The highest BCUT2D eigenvalue weighted by molar-refractivity contribution is 4.79. The van der Waals surface area contributed by atoms with E-state index in [9.17, 15) is 0 Å². The van der Waals surface area contributed by atoms with E-state index in [4.69, 9.17) is 5.73 Å². The van der Waals surface area contributed by atoms with Crippen molar-refractivity contribution < 1.29 is 0 Å². The van der Waals surface area contributed by atoms with Crippen LogP contribution in [-0.2, 0) is 0 Å². The molecule has 0 aliphatic carbocycles. The normalized spacial score (nSPS) is 22.9. The molecule has 1 fully saturated rings. The fourth-order valence-corrected chi connectivity index (χ4v) is 2.53. The van der Waals surface area contributed by atoms with Crippen LogP contribution in [0.5, 0.6) is 0 Å². The van der Waals surface area contributed by atoms with Crippen molar-refractivity contribution in [1.82, 2.24) is 4.90 Å². The van der Waals surface area contributed by atoms with Gasteiger partial charge in [0.2, 0.25) is 0 Å². The summed E-state index contributed by atoms with van der Waals surface area (Å²) >= 11 is 0. The predicted molar refractivity (Wildman–Crippen MR) is 62.3 cm³/mol.